The van der Waals surface area contributed by atoms with E-state index in [1.807, 2.05) is 0 Å². The Hall–Kier alpha value is 0.651. The van der Waals surface area contributed by atoms with Crippen molar-refractivity contribution in [1.82, 2.24) is 0 Å². The third-order valence-corrected chi connectivity index (χ3v) is 11.3. The average molecular weight is 157 g/mol. The lowest BCUT2D eigenvalue weighted by Gasteiger charge is -2.01. The Bertz CT molecular complexity index is 43.6. The molecule has 0 rings (SSSR count). The van der Waals surface area contributed by atoms with Crippen molar-refractivity contribution in [2.75, 3.05) is 0 Å². The van der Waals surface area contributed by atoms with Crippen molar-refractivity contribution in [1.29, 1.82) is 0 Å². The van der Waals surface area contributed by atoms with E-state index in [-0.39, 0.29) is 8.31 Å². The topological polar surface area (TPSA) is 0 Å². The van der Waals surface area contributed by atoms with Crippen LogP contribution in [0, 0.1) is 0 Å². The van der Waals surface area contributed by atoms with Gasteiger partial charge in [-0.3, -0.25) is 0 Å². The highest BCUT2D eigenvalue weighted by atomic mass is 29.5. The standard InChI is InChI=1S/C5H13Si3/c1-5(2)6-7-8(3)4/h5H,1-4H3. The first kappa shape index (κ1) is 8.65. The van der Waals surface area contributed by atoms with Crippen LogP contribution >= 0.6 is 0 Å². The zero-order valence-corrected chi connectivity index (χ0v) is 9.08. The summed E-state index contributed by atoms with van der Waals surface area (Å²) in [5.74, 6) is 0. The third kappa shape index (κ3) is 6.65. The second-order valence-electron chi connectivity index (χ2n) is 2.42. The predicted molar refractivity (Wildman–Crippen MR) is 44.1 cm³/mol. The van der Waals surface area contributed by atoms with Gasteiger partial charge in [-0.25, -0.2) is 0 Å². The van der Waals surface area contributed by atoms with Gasteiger partial charge >= 0.3 is 0 Å². The van der Waals surface area contributed by atoms with Gasteiger partial charge in [0.05, 0.1) is 0 Å². The summed E-state index contributed by atoms with van der Waals surface area (Å²) in [6.07, 6.45) is 0. The summed E-state index contributed by atoms with van der Waals surface area (Å²) in [5, 5.41) is 0. The van der Waals surface area contributed by atoms with Crippen LogP contribution in [-0.2, 0) is 0 Å². The van der Waals surface area contributed by atoms with Crippen molar-refractivity contribution in [3.8, 4) is 0 Å². The minimum atomic E-state index is 0.110. The second kappa shape index (κ2) is 4.52. The summed E-state index contributed by atoms with van der Waals surface area (Å²) >= 11 is 0. The first-order chi connectivity index (χ1) is 3.63. The van der Waals surface area contributed by atoms with E-state index in [2.05, 4.69) is 26.9 Å². The fourth-order valence-electron chi connectivity index (χ4n) is 0.289. The normalized spacial score (nSPS) is 11.2. The fourth-order valence-corrected chi connectivity index (χ4v) is 7.79. The maximum Gasteiger partial charge on any atom is 0.0242 e. The molecule has 0 aromatic rings. The molecule has 0 bridgehead atoms. The lowest BCUT2D eigenvalue weighted by molar-refractivity contribution is 1.07. The van der Waals surface area contributed by atoms with Crippen molar-refractivity contribution >= 4 is 25.9 Å². The Kier molecular flexibility index (Phi) is 4.89. The Balaban J connectivity index is 2.93. The van der Waals surface area contributed by atoms with Crippen molar-refractivity contribution < 1.29 is 0 Å². The molecular weight excluding hydrogens is 144 g/mol. The summed E-state index contributed by atoms with van der Waals surface area (Å²) in [7, 11) is 2.65. The lowest BCUT2D eigenvalue weighted by atomic mass is 10.6. The summed E-state index contributed by atoms with van der Waals surface area (Å²) in [6.45, 7) is 9.43. The van der Waals surface area contributed by atoms with Crippen LogP contribution in [-0.4, -0.2) is 25.9 Å². The molecule has 45 valence electrons. The molecule has 0 fully saturated rings. The lowest BCUT2D eigenvalue weighted by Crippen LogP contribution is -2.21. The smallest absolute Gasteiger partial charge is 0.0242 e. The minimum Gasteiger partial charge on any atom is -0.0739 e. The second-order valence-corrected chi connectivity index (χ2v) is 13.0. The van der Waals surface area contributed by atoms with Gasteiger partial charge in [0.15, 0.2) is 0 Å². The van der Waals surface area contributed by atoms with E-state index in [0.717, 1.165) is 5.54 Å². The molecule has 0 aromatic heterocycles. The van der Waals surface area contributed by atoms with Crippen LogP contribution < -0.4 is 0 Å². The molecular formula is C5H13Si3. The van der Waals surface area contributed by atoms with Gasteiger partial charge < -0.3 is 0 Å². The molecule has 0 saturated heterocycles. The highest BCUT2D eigenvalue weighted by Gasteiger charge is 1.99. The highest BCUT2D eigenvalue weighted by Crippen LogP contribution is 1.94. The molecule has 0 atom stereocenters. The predicted octanol–water partition coefficient (Wildman–Crippen LogP) is 1.39. The minimum absolute atomic E-state index is 0.110. The van der Waals surface area contributed by atoms with Crippen LogP contribution in [0.4, 0.5) is 0 Å². The highest BCUT2D eigenvalue weighted by molar-refractivity contribution is 7.35. The van der Waals surface area contributed by atoms with Gasteiger partial charge in [-0.05, 0) is 0 Å². The largest absolute Gasteiger partial charge is 0.0739 e. The number of hydrogen-bond donors (Lipinski definition) is 0. The molecule has 0 aliphatic rings. The first-order valence-corrected chi connectivity index (χ1v) is 9.52. The Morgan fingerprint density at radius 3 is 1.88 bits per heavy atom. The molecule has 0 heterocycles. The third-order valence-electron chi connectivity index (χ3n) is 0.611. The first-order valence-electron chi connectivity index (χ1n) is 2.94. The maximum absolute atomic E-state index is 2.40. The molecule has 0 N–H and O–H groups in total. The summed E-state index contributed by atoms with van der Waals surface area (Å²) in [4.78, 5) is 0. The monoisotopic (exact) mass is 157 g/mol. The molecule has 0 saturated carbocycles. The summed E-state index contributed by atoms with van der Waals surface area (Å²) < 4.78 is 0. The van der Waals surface area contributed by atoms with Gasteiger partial charge in [0, 0.05) is 25.9 Å². The molecule has 0 nitrogen and oxygen atoms in total. The molecule has 5 radical (unpaired) electrons. The van der Waals surface area contributed by atoms with Gasteiger partial charge in [0.1, 0.15) is 0 Å². The summed E-state index contributed by atoms with van der Waals surface area (Å²) in [6, 6.07) is 0. The van der Waals surface area contributed by atoms with Crippen molar-refractivity contribution in [2.24, 2.45) is 0 Å². The average Bonchev–Trinajstić information content (AvgIpc) is 1.61. The number of rotatable bonds is 3. The van der Waals surface area contributed by atoms with E-state index in [4.69, 9.17) is 0 Å². The fraction of sp³-hybridized carbons (Fsp3) is 1.00. The zero-order chi connectivity index (χ0) is 6.57. The van der Waals surface area contributed by atoms with E-state index in [0.29, 0.717) is 0 Å². The van der Waals surface area contributed by atoms with Crippen LogP contribution in [0.1, 0.15) is 13.8 Å². The molecule has 0 spiro atoms. The van der Waals surface area contributed by atoms with Crippen LogP contribution in [0.5, 0.6) is 0 Å². The Morgan fingerprint density at radius 2 is 1.75 bits per heavy atom. The summed E-state index contributed by atoms with van der Waals surface area (Å²) in [5.41, 5.74) is 0.952. The van der Waals surface area contributed by atoms with E-state index in [1.165, 1.54) is 17.6 Å². The van der Waals surface area contributed by atoms with E-state index >= 15 is 0 Å². The molecule has 8 heavy (non-hydrogen) atoms. The molecule has 0 aliphatic carbocycles. The van der Waals surface area contributed by atoms with E-state index in [9.17, 15) is 0 Å². The van der Waals surface area contributed by atoms with Gasteiger partial charge in [-0.15, -0.1) is 0 Å². The molecule has 3 heteroatoms. The van der Waals surface area contributed by atoms with Crippen LogP contribution in [0.15, 0.2) is 0 Å². The van der Waals surface area contributed by atoms with Crippen molar-refractivity contribution in [3.05, 3.63) is 0 Å². The van der Waals surface area contributed by atoms with Gasteiger partial charge in [-0.1, -0.05) is 32.5 Å². The number of hydrogen-bond acceptors (Lipinski definition) is 0. The Labute approximate surface area is 58.9 Å². The molecule has 0 aliphatic heterocycles. The van der Waals surface area contributed by atoms with Crippen molar-refractivity contribution in [2.45, 2.75) is 32.5 Å². The molecule has 0 aromatic carbocycles. The quantitative estimate of drug-likeness (QED) is 0.543. The van der Waals surface area contributed by atoms with Gasteiger partial charge in [0.2, 0.25) is 0 Å². The van der Waals surface area contributed by atoms with E-state index in [1.54, 1.807) is 0 Å². The van der Waals surface area contributed by atoms with Gasteiger partial charge in [-0.2, -0.15) is 0 Å². The van der Waals surface area contributed by atoms with Gasteiger partial charge in [0.25, 0.3) is 0 Å². The Morgan fingerprint density at radius 1 is 1.25 bits per heavy atom. The molecule has 0 unspecified atom stereocenters. The van der Waals surface area contributed by atoms with Crippen LogP contribution in [0.3, 0.4) is 0 Å². The van der Waals surface area contributed by atoms with Crippen LogP contribution in [0.2, 0.25) is 18.6 Å². The van der Waals surface area contributed by atoms with Crippen molar-refractivity contribution in [3.63, 3.8) is 0 Å². The zero-order valence-electron chi connectivity index (χ0n) is 6.08. The van der Waals surface area contributed by atoms with E-state index < -0.39 is 0 Å². The SMILES string of the molecule is CC(C)[Si][Si][Si](C)C. The maximum atomic E-state index is 2.40. The molecule has 0 amide bonds. The van der Waals surface area contributed by atoms with Crippen LogP contribution in [0.25, 0.3) is 0 Å².